The molecule has 0 saturated carbocycles. The van der Waals surface area contributed by atoms with Crippen molar-refractivity contribution in [1.82, 2.24) is 15.6 Å². The van der Waals surface area contributed by atoms with Crippen molar-refractivity contribution in [3.8, 4) is 11.5 Å². The van der Waals surface area contributed by atoms with Gasteiger partial charge in [-0.1, -0.05) is 0 Å². The normalized spacial score (nSPS) is 10.8. The van der Waals surface area contributed by atoms with Crippen molar-refractivity contribution in [2.75, 3.05) is 20.3 Å². The third kappa shape index (κ3) is 6.62. The first-order valence-corrected chi connectivity index (χ1v) is 8.61. The number of methoxy groups -OCH3 is 1. The zero-order valence-electron chi connectivity index (χ0n) is 16.0. The Balaban J connectivity index is 1.84. The van der Waals surface area contributed by atoms with Gasteiger partial charge in [0.05, 0.1) is 24.8 Å². The molecule has 2 amide bonds. The highest BCUT2D eigenvalue weighted by Gasteiger charge is 2.17. The van der Waals surface area contributed by atoms with Gasteiger partial charge >= 0.3 is 0 Å². The van der Waals surface area contributed by atoms with Crippen molar-refractivity contribution >= 4 is 11.8 Å². The molecule has 7 nitrogen and oxygen atoms in total. The Hall–Kier alpha value is -3.09. The number of ether oxygens (including phenoxy) is 2. The van der Waals surface area contributed by atoms with Crippen molar-refractivity contribution in [3.05, 3.63) is 53.9 Å². The number of pyridine rings is 1. The van der Waals surface area contributed by atoms with Crippen LogP contribution in [0.4, 0.5) is 0 Å². The fraction of sp³-hybridized carbons (Fsp3) is 0.350. The van der Waals surface area contributed by atoms with E-state index in [1.165, 1.54) is 18.5 Å². The summed E-state index contributed by atoms with van der Waals surface area (Å²) in [6, 6.07) is 8.71. The van der Waals surface area contributed by atoms with E-state index in [9.17, 15) is 9.59 Å². The highest BCUT2D eigenvalue weighted by molar-refractivity contribution is 5.99. The fourth-order valence-corrected chi connectivity index (χ4v) is 2.21. The van der Waals surface area contributed by atoms with Gasteiger partial charge in [-0.25, -0.2) is 0 Å². The number of carbonyl (C=O) groups is 2. The van der Waals surface area contributed by atoms with Crippen molar-refractivity contribution in [2.24, 2.45) is 0 Å². The molecule has 0 unspecified atom stereocenters. The fourth-order valence-electron chi connectivity index (χ4n) is 2.21. The summed E-state index contributed by atoms with van der Waals surface area (Å²) >= 11 is 0. The molecule has 2 aromatic rings. The largest absolute Gasteiger partial charge is 0.497 e. The van der Waals surface area contributed by atoms with E-state index in [-0.39, 0.29) is 17.4 Å². The number of benzene rings is 1. The molecule has 0 spiro atoms. The predicted molar refractivity (Wildman–Crippen MR) is 102 cm³/mol. The summed E-state index contributed by atoms with van der Waals surface area (Å²) < 4.78 is 10.6. The average Bonchev–Trinajstić information content (AvgIpc) is 2.64. The summed E-state index contributed by atoms with van der Waals surface area (Å²) in [5, 5.41) is 5.59. The highest BCUT2D eigenvalue weighted by Crippen LogP contribution is 2.16. The van der Waals surface area contributed by atoms with E-state index in [0.29, 0.717) is 30.0 Å². The van der Waals surface area contributed by atoms with Crippen LogP contribution in [0, 0.1) is 0 Å². The second-order valence-electron chi connectivity index (χ2n) is 6.95. The van der Waals surface area contributed by atoms with Gasteiger partial charge in [0, 0.05) is 17.9 Å². The molecule has 0 aliphatic carbocycles. The molecule has 1 aromatic heterocycles. The number of rotatable bonds is 7. The summed E-state index contributed by atoms with van der Waals surface area (Å²) in [5.41, 5.74) is 0.293. The first-order chi connectivity index (χ1) is 12.8. The first kappa shape index (κ1) is 20.2. The summed E-state index contributed by atoms with van der Waals surface area (Å²) in [7, 11) is 1.60. The van der Waals surface area contributed by atoms with Gasteiger partial charge in [0.1, 0.15) is 18.1 Å². The minimum atomic E-state index is -0.367. The maximum absolute atomic E-state index is 12.2. The molecule has 0 bridgehead atoms. The number of amides is 2. The molecule has 2 rings (SSSR count). The van der Waals surface area contributed by atoms with Crippen molar-refractivity contribution in [2.45, 2.75) is 26.3 Å². The van der Waals surface area contributed by atoms with Crippen LogP contribution in [0.15, 0.2) is 42.7 Å². The molecule has 7 heteroatoms. The van der Waals surface area contributed by atoms with E-state index in [4.69, 9.17) is 9.47 Å². The monoisotopic (exact) mass is 371 g/mol. The third-order valence-corrected chi connectivity index (χ3v) is 3.47. The second-order valence-corrected chi connectivity index (χ2v) is 6.95. The van der Waals surface area contributed by atoms with Gasteiger partial charge in [-0.15, -0.1) is 0 Å². The zero-order valence-corrected chi connectivity index (χ0v) is 16.0. The lowest BCUT2D eigenvalue weighted by atomic mass is 10.1. The van der Waals surface area contributed by atoms with Gasteiger partial charge in [-0.05, 0) is 51.1 Å². The molecule has 27 heavy (non-hydrogen) atoms. The maximum Gasteiger partial charge on any atom is 0.253 e. The molecule has 0 atom stereocenters. The van der Waals surface area contributed by atoms with Crippen LogP contribution < -0.4 is 20.1 Å². The number of aromatic nitrogens is 1. The Bertz CT molecular complexity index is 783. The molecule has 1 aromatic carbocycles. The van der Waals surface area contributed by atoms with Crippen LogP contribution in [0.1, 0.15) is 41.5 Å². The maximum atomic E-state index is 12.2. The Morgan fingerprint density at radius 1 is 1.00 bits per heavy atom. The van der Waals surface area contributed by atoms with Gasteiger partial charge in [0.2, 0.25) is 0 Å². The minimum absolute atomic E-state index is 0.271. The molecule has 1 heterocycles. The number of nitrogens with zero attached hydrogens (tertiary/aromatic N) is 1. The summed E-state index contributed by atoms with van der Waals surface area (Å²) in [6.07, 6.45) is 2.86. The number of nitrogens with one attached hydrogen (secondary N) is 2. The van der Waals surface area contributed by atoms with Crippen molar-refractivity contribution < 1.29 is 19.1 Å². The summed E-state index contributed by atoms with van der Waals surface area (Å²) in [6.45, 7) is 6.30. The van der Waals surface area contributed by atoms with Crippen LogP contribution >= 0.6 is 0 Å². The van der Waals surface area contributed by atoms with E-state index >= 15 is 0 Å². The van der Waals surface area contributed by atoms with E-state index in [2.05, 4.69) is 15.6 Å². The van der Waals surface area contributed by atoms with E-state index in [1.54, 1.807) is 31.4 Å². The molecular weight excluding hydrogens is 346 g/mol. The Labute approximate surface area is 159 Å². The summed E-state index contributed by atoms with van der Waals surface area (Å²) in [5.74, 6) is 0.852. The zero-order chi connectivity index (χ0) is 19.9. The third-order valence-electron chi connectivity index (χ3n) is 3.47. The lowest BCUT2D eigenvalue weighted by Crippen LogP contribution is -2.40. The van der Waals surface area contributed by atoms with E-state index in [1.807, 2.05) is 20.8 Å². The van der Waals surface area contributed by atoms with Gasteiger partial charge < -0.3 is 20.1 Å². The summed E-state index contributed by atoms with van der Waals surface area (Å²) in [4.78, 5) is 28.4. The molecule has 144 valence electrons. The number of hydrogen-bond acceptors (Lipinski definition) is 5. The second kappa shape index (κ2) is 9.02. The Morgan fingerprint density at radius 2 is 1.59 bits per heavy atom. The van der Waals surface area contributed by atoms with Crippen molar-refractivity contribution in [1.29, 1.82) is 0 Å². The van der Waals surface area contributed by atoms with Crippen LogP contribution in [-0.4, -0.2) is 42.6 Å². The molecule has 0 aliphatic heterocycles. The highest BCUT2D eigenvalue weighted by atomic mass is 16.5. The van der Waals surface area contributed by atoms with Gasteiger partial charge in [-0.2, -0.15) is 0 Å². The Morgan fingerprint density at radius 3 is 2.19 bits per heavy atom. The first-order valence-electron chi connectivity index (χ1n) is 8.61. The molecule has 2 N–H and O–H groups in total. The SMILES string of the molecule is COc1ccc(OCCNC(=O)c2cncc(C(=O)NC(C)(C)C)c2)cc1. The molecule has 0 aliphatic rings. The van der Waals surface area contributed by atoms with Crippen LogP contribution in [0.5, 0.6) is 11.5 Å². The minimum Gasteiger partial charge on any atom is -0.497 e. The van der Waals surface area contributed by atoms with Gasteiger partial charge in [-0.3, -0.25) is 14.6 Å². The standard InChI is InChI=1S/C20H25N3O4/c1-20(2,3)23-19(25)15-11-14(12-21-13-15)18(24)22-9-10-27-17-7-5-16(26-4)6-8-17/h5-8,11-13H,9-10H2,1-4H3,(H,22,24)(H,23,25). The lowest BCUT2D eigenvalue weighted by Gasteiger charge is -2.20. The predicted octanol–water partition coefficient (Wildman–Crippen LogP) is 2.43. The number of hydrogen-bond donors (Lipinski definition) is 2. The lowest BCUT2D eigenvalue weighted by molar-refractivity contribution is 0.0919. The van der Waals surface area contributed by atoms with Gasteiger partial charge in [0.25, 0.3) is 11.8 Å². The van der Waals surface area contributed by atoms with Crippen LogP contribution in [0.2, 0.25) is 0 Å². The average molecular weight is 371 g/mol. The smallest absolute Gasteiger partial charge is 0.253 e. The Kier molecular flexibility index (Phi) is 6.76. The van der Waals surface area contributed by atoms with E-state index in [0.717, 1.165) is 5.75 Å². The quantitative estimate of drug-likeness (QED) is 0.730. The van der Waals surface area contributed by atoms with Crippen LogP contribution in [0.3, 0.4) is 0 Å². The molecule has 0 fully saturated rings. The van der Waals surface area contributed by atoms with Crippen LogP contribution in [-0.2, 0) is 0 Å². The topological polar surface area (TPSA) is 89.6 Å². The van der Waals surface area contributed by atoms with Crippen LogP contribution in [0.25, 0.3) is 0 Å². The van der Waals surface area contributed by atoms with E-state index < -0.39 is 0 Å². The molecule has 0 radical (unpaired) electrons. The molecule has 0 saturated heterocycles. The number of carbonyl (C=O) groups excluding carboxylic acids is 2. The van der Waals surface area contributed by atoms with Gasteiger partial charge in [0.15, 0.2) is 0 Å². The molecular formula is C20H25N3O4. The van der Waals surface area contributed by atoms with Crippen molar-refractivity contribution in [3.63, 3.8) is 0 Å².